The normalized spacial score (nSPS) is 11.4. The van der Waals surface area contributed by atoms with E-state index in [-0.39, 0.29) is 17.0 Å². The van der Waals surface area contributed by atoms with E-state index in [0.29, 0.717) is 28.1 Å². The van der Waals surface area contributed by atoms with Crippen molar-refractivity contribution < 1.29 is 18.3 Å². The molecule has 29 heavy (non-hydrogen) atoms. The van der Waals surface area contributed by atoms with Gasteiger partial charge in [0.15, 0.2) is 0 Å². The van der Waals surface area contributed by atoms with Gasteiger partial charge in [0, 0.05) is 11.1 Å². The molecule has 1 amide bonds. The molecule has 0 saturated heterocycles. The molecule has 0 unspecified atom stereocenters. The van der Waals surface area contributed by atoms with Gasteiger partial charge in [0.25, 0.3) is 5.91 Å². The zero-order valence-electron chi connectivity index (χ0n) is 15.6. The van der Waals surface area contributed by atoms with Gasteiger partial charge in [-0.05, 0) is 54.6 Å². The number of fused-ring (bicyclic) bond motifs is 1. The average molecular weight is 388 g/mol. The zero-order chi connectivity index (χ0) is 20.2. The molecule has 4 aromatic rings. The van der Waals surface area contributed by atoms with Gasteiger partial charge in [0.2, 0.25) is 5.55 Å². The number of methoxy groups -OCH3 is 1. The van der Waals surface area contributed by atoms with E-state index in [4.69, 9.17) is 9.15 Å². The highest BCUT2D eigenvalue weighted by Crippen LogP contribution is 2.21. The third kappa shape index (κ3) is 4.16. The summed E-state index contributed by atoms with van der Waals surface area (Å²) in [6.07, 6.45) is 0. The van der Waals surface area contributed by atoms with E-state index in [9.17, 15) is 9.18 Å². The fourth-order valence-electron chi connectivity index (χ4n) is 2.86. The molecule has 0 bridgehead atoms. The summed E-state index contributed by atoms with van der Waals surface area (Å²) in [7, 11) is 1.56. The average Bonchev–Trinajstić information content (AvgIpc) is 2.73. The number of halogens is 1. The van der Waals surface area contributed by atoms with Crippen LogP contribution in [-0.2, 0) is 0 Å². The standard InChI is InChI=1S/C23H17FN2O3/c1-28-19-10-11-21-15(12-19)13-20(22(27)25-17-7-3-2-4-8-17)23(29-21)26-18-9-5-6-16(24)14-18/h2-14H,1H3,(H,25,27). The van der Waals surface area contributed by atoms with Crippen molar-refractivity contribution in [2.75, 3.05) is 12.4 Å². The second-order valence-electron chi connectivity index (χ2n) is 6.28. The second kappa shape index (κ2) is 7.98. The molecule has 0 saturated carbocycles. The minimum atomic E-state index is -0.424. The fraction of sp³-hybridized carbons (Fsp3) is 0.0435. The predicted octanol–water partition coefficient (Wildman–Crippen LogP) is 5.07. The molecule has 3 aromatic carbocycles. The number of carbonyl (C=O) groups excluding carboxylic acids is 1. The van der Waals surface area contributed by atoms with Crippen LogP contribution in [-0.4, -0.2) is 13.0 Å². The van der Waals surface area contributed by atoms with Gasteiger partial charge in [-0.2, -0.15) is 0 Å². The van der Waals surface area contributed by atoms with E-state index < -0.39 is 5.82 Å². The van der Waals surface area contributed by atoms with Gasteiger partial charge in [-0.1, -0.05) is 24.3 Å². The lowest BCUT2D eigenvalue weighted by molar-refractivity contribution is 0.102. The van der Waals surface area contributed by atoms with Gasteiger partial charge in [-0.15, -0.1) is 0 Å². The number of benzene rings is 3. The van der Waals surface area contributed by atoms with Crippen molar-refractivity contribution >= 4 is 28.3 Å². The summed E-state index contributed by atoms with van der Waals surface area (Å²) in [6.45, 7) is 0. The first-order valence-electron chi connectivity index (χ1n) is 8.91. The first-order chi connectivity index (χ1) is 14.1. The molecule has 5 nitrogen and oxygen atoms in total. The Morgan fingerprint density at radius 1 is 1.00 bits per heavy atom. The molecule has 0 aliphatic heterocycles. The minimum Gasteiger partial charge on any atom is -0.497 e. The van der Waals surface area contributed by atoms with Crippen molar-refractivity contribution in [2.45, 2.75) is 0 Å². The number of rotatable bonds is 4. The molecule has 0 radical (unpaired) electrons. The highest BCUT2D eigenvalue weighted by Gasteiger charge is 2.14. The Morgan fingerprint density at radius 3 is 2.59 bits per heavy atom. The molecule has 4 rings (SSSR count). The Balaban J connectivity index is 1.87. The van der Waals surface area contributed by atoms with Crippen LogP contribution in [0.1, 0.15) is 10.4 Å². The molecule has 1 N–H and O–H groups in total. The van der Waals surface area contributed by atoms with Crippen LogP contribution in [0.3, 0.4) is 0 Å². The van der Waals surface area contributed by atoms with Crippen molar-refractivity contribution in [1.82, 2.24) is 0 Å². The lowest BCUT2D eigenvalue weighted by Crippen LogP contribution is -2.21. The van der Waals surface area contributed by atoms with Crippen LogP contribution in [0.15, 0.2) is 88.3 Å². The summed E-state index contributed by atoms with van der Waals surface area (Å²) in [6, 6.07) is 21.8. The summed E-state index contributed by atoms with van der Waals surface area (Å²) in [5.74, 6) is -0.177. The Hall–Kier alpha value is -3.93. The zero-order valence-corrected chi connectivity index (χ0v) is 15.6. The number of amides is 1. The van der Waals surface area contributed by atoms with Gasteiger partial charge in [0.05, 0.1) is 12.8 Å². The first-order valence-corrected chi connectivity index (χ1v) is 8.91. The first kappa shape index (κ1) is 18.4. The SMILES string of the molecule is COc1ccc2oc(=Nc3cccc(F)c3)c(C(=O)Nc3ccccc3)cc2c1. The van der Waals surface area contributed by atoms with E-state index in [0.717, 1.165) is 0 Å². The Labute approximate surface area is 166 Å². The van der Waals surface area contributed by atoms with Crippen LogP contribution in [0.5, 0.6) is 5.75 Å². The maximum Gasteiger partial charge on any atom is 0.261 e. The third-order valence-corrected chi connectivity index (χ3v) is 4.27. The highest BCUT2D eigenvalue weighted by atomic mass is 19.1. The van der Waals surface area contributed by atoms with Crippen LogP contribution in [0, 0.1) is 5.82 Å². The van der Waals surface area contributed by atoms with E-state index in [1.807, 2.05) is 18.2 Å². The van der Waals surface area contributed by atoms with Gasteiger partial charge < -0.3 is 14.5 Å². The summed E-state index contributed by atoms with van der Waals surface area (Å²) in [5, 5.41) is 3.51. The quantitative estimate of drug-likeness (QED) is 0.531. The molecular formula is C23H17FN2O3. The molecule has 0 aliphatic carbocycles. The maximum atomic E-state index is 13.6. The number of anilines is 1. The Morgan fingerprint density at radius 2 is 1.83 bits per heavy atom. The summed E-state index contributed by atoms with van der Waals surface area (Å²) >= 11 is 0. The van der Waals surface area contributed by atoms with Crippen LogP contribution < -0.4 is 15.6 Å². The van der Waals surface area contributed by atoms with Crippen LogP contribution in [0.4, 0.5) is 15.8 Å². The van der Waals surface area contributed by atoms with E-state index in [2.05, 4.69) is 10.3 Å². The molecule has 0 spiro atoms. The van der Waals surface area contributed by atoms with Crippen molar-refractivity contribution in [2.24, 2.45) is 4.99 Å². The van der Waals surface area contributed by atoms with E-state index in [1.165, 1.54) is 12.1 Å². The van der Waals surface area contributed by atoms with Gasteiger partial charge in [-0.3, -0.25) is 4.79 Å². The Kier molecular flexibility index (Phi) is 5.07. The number of hydrogen-bond acceptors (Lipinski definition) is 4. The Bertz CT molecular complexity index is 1250. The topological polar surface area (TPSA) is 63.8 Å². The molecule has 1 aromatic heterocycles. The lowest BCUT2D eigenvalue weighted by Gasteiger charge is -2.08. The highest BCUT2D eigenvalue weighted by molar-refractivity contribution is 6.05. The molecule has 1 heterocycles. The molecule has 6 heteroatoms. The number of nitrogens with zero attached hydrogens (tertiary/aromatic N) is 1. The smallest absolute Gasteiger partial charge is 0.261 e. The molecule has 0 aliphatic rings. The summed E-state index contributed by atoms with van der Waals surface area (Å²) < 4.78 is 24.7. The molecule has 0 atom stereocenters. The number of para-hydroxylation sites is 1. The van der Waals surface area contributed by atoms with Gasteiger partial charge in [-0.25, -0.2) is 9.38 Å². The van der Waals surface area contributed by atoms with E-state index >= 15 is 0 Å². The van der Waals surface area contributed by atoms with Crippen molar-refractivity contribution in [1.29, 1.82) is 0 Å². The number of ether oxygens (including phenoxy) is 1. The lowest BCUT2D eigenvalue weighted by atomic mass is 10.1. The van der Waals surface area contributed by atoms with E-state index in [1.54, 1.807) is 55.6 Å². The van der Waals surface area contributed by atoms with Crippen molar-refractivity contribution in [3.63, 3.8) is 0 Å². The number of carbonyl (C=O) groups is 1. The number of nitrogens with one attached hydrogen (secondary N) is 1. The fourth-order valence-corrected chi connectivity index (χ4v) is 2.86. The van der Waals surface area contributed by atoms with Crippen LogP contribution >= 0.6 is 0 Å². The van der Waals surface area contributed by atoms with Crippen LogP contribution in [0.2, 0.25) is 0 Å². The largest absolute Gasteiger partial charge is 0.497 e. The van der Waals surface area contributed by atoms with Gasteiger partial charge in [0.1, 0.15) is 22.7 Å². The van der Waals surface area contributed by atoms with Crippen molar-refractivity contribution in [3.8, 4) is 5.75 Å². The summed E-state index contributed by atoms with van der Waals surface area (Å²) in [5.41, 5.74) is 1.81. The maximum absolute atomic E-state index is 13.6. The molecule has 144 valence electrons. The summed E-state index contributed by atoms with van der Waals surface area (Å²) in [4.78, 5) is 17.3. The molecule has 0 fully saturated rings. The van der Waals surface area contributed by atoms with Crippen molar-refractivity contribution in [3.05, 3.63) is 95.8 Å². The third-order valence-electron chi connectivity index (χ3n) is 4.27. The van der Waals surface area contributed by atoms with Crippen LogP contribution in [0.25, 0.3) is 11.0 Å². The van der Waals surface area contributed by atoms with Gasteiger partial charge >= 0.3 is 0 Å². The monoisotopic (exact) mass is 388 g/mol. The minimum absolute atomic E-state index is 0.0849. The number of hydrogen-bond donors (Lipinski definition) is 1. The molecular weight excluding hydrogens is 371 g/mol. The predicted molar refractivity (Wildman–Crippen MR) is 109 cm³/mol. The second-order valence-corrected chi connectivity index (χ2v) is 6.28.